The molecule has 0 unspecified atom stereocenters. The number of likely N-dealkylation sites (N-methyl/N-ethyl adjacent to an activating group) is 1. The highest BCUT2D eigenvalue weighted by Crippen LogP contribution is 2.28. The molecule has 216 valence electrons. The van der Waals surface area contributed by atoms with Gasteiger partial charge in [-0.2, -0.15) is 10.2 Å². The first-order valence-corrected chi connectivity index (χ1v) is 12.5. The van der Waals surface area contributed by atoms with Gasteiger partial charge in [0.25, 0.3) is 5.69 Å². The minimum absolute atomic E-state index is 0.149. The minimum Gasteiger partial charge on any atom is -0.466 e. The minimum atomic E-state index is -0.946. The number of hydrogen-bond acceptors (Lipinski definition) is 11. The topological polar surface area (TPSA) is 150 Å². The molecule has 3 aromatic rings. The number of ether oxygens (including phenoxy) is 3. The highest BCUT2D eigenvalue weighted by atomic mass is 16.6. The second kappa shape index (κ2) is 14.7. The van der Waals surface area contributed by atoms with E-state index in [9.17, 15) is 24.5 Å². The Morgan fingerprint density at radius 3 is 2.26 bits per heavy atom. The van der Waals surface area contributed by atoms with Gasteiger partial charge in [0.05, 0.1) is 30.0 Å². The molecule has 0 bridgehead atoms. The van der Waals surface area contributed by atoms with Crippen LogP contribution in [0.1, 0.15) is 22.8 Å². The van der Waals surface area contributed by atoms with Crippen LogP contribution in [0.25, 0.3) is 6.08 Å². The van der Waals surface area contributed by atoms with Gasteiger partial charge in [-0.25, -0.2) is 14.4 Å². The van der Waals surface area contributed by atoms with E-state index in [0.717, 1.165) is 11.8 Å². The molecule has 0 saturated carbocycles. The van der Waals surface area contributed by atoms with E-state index >= 15 is 0 Å². The van der Waals surface area contributed by atoms with Crippen molar-refractivity contribution in [2.24, 2.45) is 10.2 Å². The van der Waals surface area contributed by atoms with E-state index in [-0.39, 0.29) is 23.6 Å². The third kappa shape index (κ3) is 8.95. The molecule has 0 aliphatic carbocycles. The van der Waals surface area contributed by atoms with Gasteiger partial charge in [-0.3, -0.25) is 10.1 Å². The number of hydrogen-bond donors (Lipinski definition) is 0. The number of azo groups is 1. The smallest absolute Gasteiger partial charge is 0.350 e. The quantitative estimate of drug-likeness (QED) is 0.0638. The summed E-state index contributed by atoms with van der Waals surface area (Å²) in [7, 11) is 3.11. The highest BCUT2D eigenvalue weighted by molar-refractivity contribution is 5.96. The van der Waals surface area contributed by atoms with E-state index in [1.54, 1.807) is 31.2 Å². The average Bonchev–Trinajstić information content (AvgIpc) is 2.99. The molecule has 0 spiro atoms. The van der Waals surface area contributed by atoms with Crippen molar-refractivity contribution in [1.29, 1.82) is 0 Å². The van der Waals surface area contributed by atoms with E-state index < -0.39 is 28.5 Å². The van der Waals surface area contributed by atoms with Crippen molar-refractivity contribution in [2.45, 2.75) is 6.92 Å². The molecule has 0 aliphatic heterocycles. The van der Waals surface area contributed by atoms with Gasteiger partial charge >= 0.3 is 17.9 Å². The lowest BCUT2D eigenvalue weighted by molar-refractivity contribution is -0.385. The molecule has 0 atom stereocenters. The Hall–Kier alpha value is -5.65. The maximum absolute atomic E-state index is 12.8. The van der Waals surface area contributed by atoms with Crippen LogP contribution in [0.2, 0.25) is 0 Å². The standard InChI is InChI=1S/C30H28N4O8/c1-20(2)29(36)41-18-17-33(3)24-11-8-22(9-12-24)31-32-23-10-15-27(34(38)39)26(19-23)30(37)42-25-13-5-21(6-14-25)7-16-28(35)40-4/h5-16,19H,1,17-18H2,2-4H3. The summed E-state index contributed by atoms with van der Waals surface area (Å²) in [5, 5.41) is 19.8. The lowest BCUT2D eigenvalue weighted by Crippen LogP contribution is -2.23. The Bertz CT molecular complexity index is 1530. The number of carbonyl (C=O) groups excluding carboxylic acids is 3. The Labute approximate surface area is 241 Å². The summed E-state index contributed by atoms with van der Waals surface area (Å²) in [6, 6.07) is 17.0. The van der Waals surface area contributed by atoms with Gasteiger partial charge in [0.2, 0.25) is 0 Å². The van der Waals surface area contributed by atoms with Gasteiger partial charge in [0.1, 0.15) is 17.9 Å². The molecule has 3 aromatic carbocycles. The number of methoxy groups -OCH3 is 1. The van der Waals surface area contributed by atoms with Crippen LogP contribution in [-0.4, -0.2) is 50.1 Å². The summed E-state index contributed by atoms with van der Waals surface area (Å²) < 4.78 is 15.0. The van der Waals surface area contributed by atoms with E-state index in [1.165, 1.54) is 43.5 Å². The molecule has 42 heavy (non-hydrogen) atoms. The van der Waals surface area contributed by atoms with Crippen LogP contribution >= 0.6 is 0 Å². The molecule has 0 aliphatic rings. The number of nitrogens with zero attached hydrogens (tertiary/aromatic N) is 4. The van der Waals surface area contributed by atoms with E-state index in [0.29, 0.717) is 23.4 Å². The summed E-state index contributed by atoms with van der Waals surface area (Å²) in [6.45, 7) is 5.80. The van der Waals surface area contributed by atoms with Crippen LogP contribution in [0.4, 0.5) is 22.7 Å². The third-order valence-corrected chi connectivity index (χ3v) is 5.68. The number of esters is 3. The lowest BCUT2D eigenvalue weighted by atomic mass is 10.1. The predicted octanol–water partition coefficient (Wildman–Crippen LogP) is 5.97. The number of anilines is 1. The fourth-order valence-corrected chi connectivity index (χ4v) is 3.37. The zero-order valence-corrected chi connectivity index (χ0v) is 23.2. The van der Waals surface area contributed by atoms with Crippen molar-refractivity contribution >= 4 is 46.7 Å². The third-order valence-electron chi connectivity index (χ3n) is 5.68. The molecular weight excluding hydrogens is 544 g/mol. The van der Waals surface area contributed by atoms with Gasteiger partial charge in [-0.1, -0.05) is 18.7 Å². The fraction of sp³-hybridized carbons (Fsp3) is 0.167. The maximum Gasteiger partial charge on any atom is 0.350 e. The second-order valence-electron chi connectivity index (χ2n) is 8.83. The van der Waals surface area contributed by atoms with Crippen LogP contribution in [0, 0.1) is 10.1 Å². The first kappa shape index (κ1) is 30.9. The zero-order chi connectivity index (χ0) is 30.6. The first-order valence-electron chi connectivity index (χ1n) is 12.5. The summed E-state index contributed by atoms with van der Waals surface area (Å²) in [5.41, 5.74) is 1.81. The van der Waals surface area contributed by atoms with Gasteiger partial charge in [0.15, 0.2) is 0 Å². The van der Waals surface area contributed by atoms with Crippen LogP contribution in [0.5, 0.6) is 5.75 Å². The maximum atomic E-state index is 12.8. The van der Waals surface area contributed by atoms with Gasteiger partial charge in [-0.05, 0) is 67.1 Å². The Kier molecular flexibility index (Phi) is 10.8. The van der Waals surface area contributed by atoms with Gasteiger partial charge in [-0.15, -0.1) is 0 Å². The van der Waals surface area contributed by atoms with E-state index in [4.69, 9.17) is 9.47 Å². The molecule has 3 rings (SSSR count). The molecular formula is C30H28N4O8. The number of carbonyl (C=O) groups is 3. The summed E-state index contributed by atoms with van der Waals surface area (Å²) in [4.78, 5) is 48.3. The predicted molar refractivity (Wildman–Crippen MR) is 155 cm³/mol. The number of rotatable bonds is 12. The van der Waals surface area contributed by atoms with Crippen LogP contribution < -0.4 is 9.64 Å². The van der Waals surface area contributed by atoms with Crippen molar-refractivity contribution in [3.05, 3.63) is 106 Å². The Balaban J connectivity index is 1.68. The normalized spacial score (nSPS) is 10.8. The highest BCUT2D eigenvalue weighted by Gasteiger charge is 2.23. The van der Waals surface area contributed by atoms with Crippen LogP contribution in [0.15, 0.2) is 95.2 Å². The first-order chi connectivity index (χ1) is 20.1. The monoisotopic (exact) mass is 572 g/mol. The van der Waals surface area contributed by atoms with Crippen molar-refractivity contribution in [3.8, 4) is 5.75 Å². The molecule has 12 heteroatoms. The summed E-state index contributed by atoms with van der Waals surface area (Å²) in [6.07, 6.45) is 2.76. The number of nitro groups is 1. The molecule has 0 saturated heterocycles. The average molecular weight is 573 g/mol. The summed E-state index contributed by atoms with van der Waals surface area (Å²) >= 11 is 0. The van der Waals surface area contributed by atoms with Crippen molar-refractivity contribution in [2.75, 3.05) is 32.2 Å². The second-order valence-corrected chi connectivity index (χ2v) is 8.83. The molecule has 0 N–H and O–H groups in total. The largest absolute Gasteiger partial charge is 0.466 e. The zero-order valence-electron chi connectivity index (χ0n) is 23.2. The molecule has 0 heterocycles. The molecule has 0 fully saturated rings. The Morgan fingerprint density at radius 2 is 1.64 bits per heavy atom. The molecule has 12 nitrogen and oxygen atoms in total. The number of benzene rings is 3. The van der Waals surface area contributed by atoms with Crippen molar-refractivity contribution in [3.63, 3.8) is 0 Å². The van der Waals surface area contributed by atoms with Crippen LogP contribution in [0.3, 0.4) is 0 Å². The molecule has 0 radical (unpaired) electrons. The SMILES string of the molecule is C=C(C)C(=O)OCCN(C)c1ccc(N=Nc2ccc([N+](=O)[O-])c(C(=O)Oc3ccc(C=CC(=O)OC)cc3)c2)cc1. The Morgan fingerprint density at radius 1 is 1.00 bits per heavy atom. The van der Waals surface area contributed by atoms with Gasteiger partial charge in [0, 0.05) is 30.5 Å². The van der Waals surface area contributed by atoms with E-state index in [2.05, 4.69) is 21.5 Å². The molecule has 0 aromatic heterocycles. The fourth-order valence-electron chi connectivity index (χ4n) is 3.37. The van der Waals surface area contributed by atoms with Crippen molar-refractivity contribution in [1.82, 2.24) is 0 Å². The van der Waals surface area contributed by atoms with E-state index in [1.807, 2.05) is 24.1 Å². The van der Waals surface area contributed by atoms with Crippen LogP contribution in [-0.2, 0) is 19.1 Å². The lowest BCUT2D eigenvalue weighted by Gasteiger charge is -2.19. The van der Waals surface area contributed by atoms with Gasteiger partial charge < -0.3 is 19.1 Å². The number of nitro benzene ring substituents is 1. The molecule has 0 amide bonds. The summed E-state index contributed by atoms with van der Waals surface area (Å²) in [5.74, 6) is -1.76. The van der Waals surface area contributed by atoms with Crippen molar-refractivity contribution < 1.29 is 33.5 Å².